The number of rotatable bonds is 4. The van der Waals surface area contributed by atoms with Crippen molar-refractivity contribution < 1.29 is 28.8 Å². The number of benzene rings is 1. The fourth-order valence-corrected chi connectivity index (χ4v) is 2.01. The summed E-state index contributed by atoms with van der Waals surface area (Å²) in [5.74, 6) is -4.32. The Kier molecular flexibility index (Phi) is 3.97. The minimum absolute atomic E-state index is 0.0593. The van der Waals surface area contributed by atoms with Crippen molar-refractivity contribution in [2.75, 3.05) is 6.61 Å². The van der Waals surface area contributed by atoms with E-state index in [1.807, 2.05) is 0 Å². The molecule has 0 N–H and O–H groups in total. The van der Waals surface area contributed by atoms with Crippen LogP contribution in [0.15, 0.2) is 24.3 Å². The van der Waals surface area contributed by atoms with Gasteiger partial charge in [-0.2, -0.15) is 0 Å². The van der Waals surface area contributed by atoms with Gasteiger partial charge in [0.05, 0.1) is 11.5 Å². The third-order valence-electron chi connectivity index (χ3n) is 2.99. The van der Waals surface area contributed by atoms with Gasteiger partial charge in [-0.1, -0.05) is 0 Å². The van der Waals surface area contributed by atoms with E-state index in [0.717, 1.165) is 0 Å². The van der Waals surface area contributed by atoms with Crippen molar-refractivity contribution in [3.63, 3.8) is 0 Å². The van der Waals surface area contributed by atoms with Gasteiger partial charge in [-0.15, -0.1) is 0 Å². The van der Waals surface area contributed by atoms with Crippen LogP contribution in [0.3, 0.4) is 0 Å². The van der Waals surface area contributed by atoms with Crippen molar-refractivity contribution in [1.29, 1.82) is 0 Å². The zero-order valence-electron chi connectivity index (χ0n) is 11.0. The first-order chi connectivity index (χ1) is 9.95. The molecule has 2 atom stereocenters. The first-order valence-corrected chi connectivity index (χ1v) is 6.11. The molecule has 8 nitrogen and oxygen atoms in total. The van der Waals surface area contributed by atoms with Gasteiger partial charge in [-0.3, -0.25) is 19.7 Å². The second kappa shape index (κ2) is 5.70. The first-order valence-electron chi connectivity index (χ1n) is 6.11. The number of cyclic esters (lactones) is 1. The van der Waals surface area contributed by atoms with Crippen LogP contribution in [0.2, 0.25) is 0 Å². The van der Waals surface area contributed by atoms with Crippen molar-refractivity contribution in [3.8, 4) is 0 Å². The molecule has 8 heteroatoms. The highest BCUT2D eigenvalue weighted by Gasteiger charge is 2.49. The van der Waals surface area contributed by atoms with Crippen LogP contribution in [0.25, 0.3) is 0 Å². The van der Waals surface area contributed by atoms with E-state index >= 15 is 0 Å². The molecule has 0 aromatic heterocycles. The molecule has 0 saturated carbocycles. The zero-order chi connectivity index (χ0) is 15.6. The van der Waals surface area contributed by atoms with E-state index in [2.05, 4.69) is 0 Å². The van der Waals surface area contributed by atoms with Crippen molar-refractivity contribution >= 4 is 23.4 Å². The van der Waals surface area contributed by atoms with Gasteiger partial charge >= 0.3 is 11.9 Å². The Morgan fingerprint density at radius 2 is 1.95 bits per heavy atom. The Labute approximate surface area is 118 Å². The highest BCUT2D eigenvalue weighted by molar-refractivity contribution is 6.40. The molecule has 1 aromatic carbocycles. The molecular weight excluding hydrogens is 282 g/mol. The summed E-state index contributed by atoms with van der Waals surface area (Å²) in [5.41, 5.74) is 0.167. The van der Waals surface area contributed by atoms with Crippen LogP contribution in [-0.2, 0) is 23.9 Å². The summed E-state index contributed by atoms with van der Waals surface area (Å²) >= 11 is 0. The Balaban J connectivity index is 2.31. The van der Waals surface area contributed by atoms with Crippen molar-refractivity contribution in [2.45, 2.75) is 13.0 Å². The summed E-state index contributed by atoms with van der Waals surface area (Å²) in [4.78, 5) is 44.8. The molecule has 1 aliphatic rings. The number of ketones is 1. The highest BCUT2D eigenvalue weighted by atomic mass is 16.6. The second-order valence-electron chi connectivity index (χ2n) is 4.27. The van der Waals surface area contributed by atoms with Crippen molar-refractivity contribution in [3.05, 3.63) is 39.9 Å². The normalized spacial score (nSPS) is 21.0. The average molecular weight is 293 g/mol. The minimum Gasteiger partial charge on any atom is -0.465 e. The van der Waals surface area contributed by atoms with Gasteiger partial charge in [0.15, 0.2) is 5.92 Å². The SMILES string of the molecule is CCOC(=O)[C@H]1C(=O)C(=O)O[C@@H]1c1ccc([N+](=O)[O-])cc1. The Morgan fingerprint density at radius 3 is 2.48 bits per heavy atom. The lowest BCUT2D eigenvalue weighted by atomic mass is 9.94. The zero-order valence-corrected chi connectivity index (χ0v) is 11.0. The summed E-state index contributed by atoms with van der Waals surface area (Å²) in [6, 6.07) is 5.07. The van der Waals surface area contributed by atoms with Crippen molar-refractivity contribution in [2.24, 2.45) is 5.92 Å². The monoisotopic (exact) mass is 293 g/mol. The van der Waals surface area contributed by atoms with Gasteiger partial charge in [-0.25, -0.2) is 4.79 Å². The molecule has 0 spiro atoms. The molecule has 0 amide bonds. The molecule has 110 valence electrons. The molecule has 21 heavy (non-hydrogen) atoms. The maximum Gasteiger partial charge on any atom is 0.376 e. The van der Waals surface area contributed by atoms with E-state index < -0.39 is 34.7 Å². The number of nitrogens with zero attached hydrogens (tertiary/aromatic N) is 1. The molecule has 0 radical (unpaired) electrons. The van der Waals surface area contributed by atoms with E-state index in [1.165, 1.54) is 24.3 Å². The number of non-ortho nitro benzene ring substituents is 1. The Hall–Kier alpha value is -2.77. The van der Waals surface area contributed by atoms with E-state index in [9.17, 15) is 24.5 Å². The molecule has 0 aliphatic carbocycles. The first kappa shape index (κ1) is 14.6. The van der Waals surface area contributed by atoms with Crippen LogP contribution < -0.4 is 0 Å². The number of nitro benzene ring substituents is 1. The predicted octanol–water partition coefficient (Wildman–Crippen LogP) is 0.941. The lowest BCUT2D eigenvalue weighted by molar-refractivity contribution is -0.384. The fourth-order valence-electron chi connectivity index (χ4n) is 2.01. The maximum absolute atomic E-state index is 11.8. The van der Waals surface area contributed by atoms with E-state index in [0.29, 0.717) is 5.56 Å². The molecule has 1 saturated heterocycles. The summed E-state index contributed by atoms with van der Waals surface area (Å²) in [6.45, 7) is 1.63. The standard InChI is InChI=1S/C13H11NO7/c1-2-20-12(16)9-10(15)13(17)21-11(9)7-3-5-8(6-4-7)14(18)19/h3-6,9,11H,2H2,1H3/t9-,11+/m0/s1. The number of esters is 2. The summed E-state index contributed by atoms with van der Waals surface area (Å²) in [6.07, 6.45) is -1.12. The molecule has 1 fully saturated rings. The number of hydrogen-bond acceptors (Lipinski definition) is 7. The molecular formula is C13H11NO7. The van der Waals surface area contributed by atoms with Crippen LogP contribution in [0.5, 0.6) is 0 Å². The third kappa shape index (κ3) is 2.73. The summed E-state index contributed by atoms with van der Waals surface area (Å²) in [7, 11) is 0. The molecule has 1 heterocycles. The van der Waals surface area contributed by atoms with Gasteiger partial charge < -0.3 is 9.47 Å². The number of nitro groups is 1. The van der Waals surface area contributed by atoms with Crippen LogP contribution in [0.4, 0.5) is 5.69 Å². The van der Waals surface area contributed by atoms with Crippen molar-refractivity contribution in [1.82, 2.24) is 0 Å². The number of hydrogen-bond donors (Lipinski definition) is 0. The molecule has 1 aliphatic heterocycles. The third-order valence-corrected chi connectivity index (χ3v) is 2.99. The van der Waals surface area contributed by atoms with Gasteiger partial charge in [0.25, 0.3) is 11.5 Å². The quantitative estimate of drug-likeness (QED) is 0.267. The van der Waals surface area contributed by atoms with Crippen LogP contribution >= 0.6 is 0 Å². The summed E-state index contributed by atoms with van der Waals surface area (Å²) < 4.78 is 9.64. The number of carbonyl (C=O) groups is 3. The second-order valence-corrected chi connectivity index (χ2v) is 4.27. The average Bonchev–Trinajstić information content (AvgIpc) is 2.75. The van der Waals surface area contributed by atoms with Gasteiger partial charge in [0.2, 0.25) is 0 Å². The summed E-state index contributed by atoms with van der Waals surface area (Å²) in [5, 5.41) is 10.6. The van der Waals surface area contributed by atoms with Gasteiger partial charge in [-0.05, 0) is 24.6 Å². The number of ether oxygens (including phenoxy) is 2. The van der Waals surface area contributed by atoms with E-state index in [1.54, 1.807) is 6.92 Å². The highest BCUT2D eigenvalue weighted by Crippen LogP contribution is 2.34. The predicted molar refractivity (Wildman–Crippen MR) is 67.1 cm³/mol. The van der Waals surface area contributed by atoms with Gasteiger partial charge in [0, 0.05) is 12.1 Å². The number of carbonyl (C=O) groups excluding carboxylic acids is 3. The maximum atomic E-state index is 11.8. The lowest BCUT2D eigenvalue weighted by Crippen LogP contribution is -2.27. The van der Waals surface area contributed by atoms with Crippen LogP contribution in [0.1, 0.15) is 18.6 Å². The van der Waals surface area contributed by atoms with E-state index in [-0.39, 0.29) is 12.3 Å². The fraction of sp³-hybridized carbons (Fsp3) is 0.308. The largest absolute Gasteiger partial charge is 0.465 e. The van der Waals surface area contributed by atoms with Crippen LogP contribution in [0, 0.1) is 16.0 Å². The molecule has 2 rings (SSSR count). The van der Waals surface area contributed by atoms with Gasteiger partial charge in [0.1, 0.15) is 6.10 Å². The smallest absolute Gasteiger partial charge is 0.376 e. The topological polar surface area (TPSA) is 113 Å². The van der Waals surface area contributed by atoms with E-state index in [4.69, 9.17) is 9.47 Å². The Morgan fingerprint density at radius 1 is 1.33 bits per heavy atom. The number of Topliss-reactive ketones (excluding diaryl/α,β-unsaturated/α-hetero) is 1. The molecule has 0 bridgehead atoms. The van der Waals surface area contributed by atoms with Crippen LogP contribution in [-0.4, -0.2) is 29.3 Å². The lowest BCUT2D eigenvalue weighted by Gasteiger charge is -2.15. The molecule has 0 unspecified atom stereocenters. The Bertz CT molecular complexity index is 607. The minimum atomic E-state index is -1.38. The molecule has 1 aromatic rings.